The van der Waals surface area contributed by atoms with Gasteiger partial charge in [-0.2, -0.15) is 4.31 Å². The van der Waals surface area contributed by atoms with Crippen LogP contribution in [0, 0.1) is 0 Å². The summed E-state index contributed by atoms with van der Waals surface area (Å²) in [6.07, 6.45) is 1.94. The Bertz CT molecular complexity index is 312. The SMILES string of the molecule is CC1(C)CCCN1S(=O)(=O)C(C)(C)C. The molecule has 0 spiro atoms. The van der Waals surface area contributed by atoms with Crippen LogP contribution < -0.4 is 0 Å². The Morgan fingerprint density at radius 2 is 1.71 bits per heavy atom. The predicted octanol–water partition coefficient (Wildman–Crippen LogP) is 1.99. The summed E-state index contributed by atoms with van der Waals surface area (Å²) in [7, 11) is -3.15. The van der Waals surface area contributed by atoms with Gasteiger partial charge in [-0.25, -0.2) is 8.42 Å². The molecule has 1 aliphatic rings. The van der Waals surface area contributed by atoms with Crippen LogP contribution >= 0.6 is 0 Å². The molecule has 1 fully saturated rings. The Morgan fingerprint density at radius 1 is 1.21 bits per heavy atom. The summed E-state index contributed by atoms with van der Waals surface area (Å²) in [6, 6.07) is 0. The van der Waals surface area contributed by atoms with Gasteiger partial charge in [0.2, 0.25) is 10.0 Å². The van der Waals surface area contributed by atoms with E-state index in [2.05, 4.69) is 0 Å². The van der Waals surface area contributed by atoms with E-state index in [1.807, 2.05) is 13.8 Å². The van der Waals surface area contributed by atoms with E-state index in [9.17, 15) is 8.42 Å². The van der Waals surface area contributed by atoms with Crippen LogP contribution in [0.15, 0.2) is 0 Å². The molecule has 1 aliphatic heterocycles. The van der Waals surface area contributed by atoms with Crippen LogP contribution in [0.1, 0.15) is 47.5 Å². The van der Waals surface area contributed by atoms with Crippen molar-refractivity contribution in [1.29, 1.82) is 0 Å². The van der Waals surface area contributed by atoms with E-state index < -0.39 is 14.8 Å². The van der Waals surface area contributed by atoms with Crippen molar-refractivity contribution in [2.24, 2.45) is 0 Å². The van der Waals surface area contributed by atoms with Crippen molar-refractivity contribution in [2.75, 3.05) is 6.54 Å². The van der Waals surface area contributed by atoms with Gasteiger partial charge in [-0.15, -0.1) is 0 Å². The number of sulfonamides is 1. The summed E-state index contributed by atoms with van der Waals surface area (Å²) in [5.41, 5.74) is -0.202. The first kappa shape index (κ1) is 12.0. The molecule has 0 atom stereocenters. The fourth-order valence-electron chi connectivity index (χ4n) is 1.86. The van der Waals surface area contributed by atoms with Crippen molar-refractivity contribution in [1.82, 2.24) is 4.31 Å². The minimum atomic E-state index is -3.15. The maximum absolute atomic E-state index is 12.2. The minimum Gasteiger partial charge on any atom is -0.212 e. The Balaban J connectivity index is 3.07. The molecule has 0 saturated carbocycles. The zero-order chi connectivity index (χ0) is 11.2. The maximum Gasteiger partial charge on any atom is 0.219 e. The van der Waals surface area contributed by atoms with Crippen molar-refractivity contribution in [3.63, 3.8) is 0 Å². The van der Waals surface area contributed by atoms with Gasteiger partial charge in [-0.3, -0.25) is 0 Å². The molecule has 0 radical (unpaired) electrons. The quantitative estimate of drug-likeness (QED) is 0.676. The fraction of sp³-hybridized carbons (Fsp3) is 1.00. The second kappa shape index (κ2) is 3.20. The summed E-state index contributed by atoms with van der Waals surface area (Å²) in [6.45, 7) is 9.96. The molecule has 0 amide bonds. The van der Waals surface area contributed by atoms with Gasteiger partial charge in [0.1, 0.15) is 0 Å². The number of rotatable bonds is 1. The fourth-order valence-corrected chi connectivity index (χ4v) is 3.63. The van der Waals surface area contributed by atoms with Gasteiger partial charge < -0.3 is 0 Å². The Labute approximate surface area is 87.5 Å². The molecule has 84 valence electrons. The average molecular weight is 219 g/mol. The second-order valence-electron chi connectivity index (χ2n) is 5.61. The Morgan fingerprint density at radius 3 is 2.00 bits per heavy atom. The number of nitrogens with zero attached hydrogens (tertiary/aromatic N) is 1. The lowest BCUT2D eigenvalue weighted by Gasteiger charge is -2.35. The van der Waals surface area contributed by atoms with E-state index in [1.165, 1.54) is 0 Å². The molecular weight excluding hydrogens is 198 g/mol. The summed E-state index contributed by atoms with van der Waals surface area (Å²) >= 11 is 0. The topological polar surface area (TPSA) is 37.4 Å². The molecule has 3 nitrogen and oxygen atoms in total. The maximum atomic E-state index is 12.2. The molecule has 0 unspecified atom stereocenters. The highest BCUT2D eigenvalue weighted by molar-refractivity contribution is 7.90. The van der Waals surface area contributed by atoms with Gasteiger partial charge in [0.25, 0.3) is 0 Å². The normalized spacial score (nSPS) is 24.1. The lowest BCUT2D eigenvalue weighted by molar-refractivity contribution is 0.284. The van der Waals surface area contributed by atoms with Crippen LogP contribution in [0.25, 0.3) is 0 Å². The van der Waals surface area contributed by atoms with Crippen LogP contribution in [0.4, 0.5) is 0 Å². The molecule has 0 aromatic carbocycles. The second-order valence-corrected chi connectivity index (χ2v) is 8.22. The zero-order valence-corrected chi connectivity index (χ0v) is 10.6. The van der Waals surface area contributed by atoms with E-state index >= 15 is 0 Å². The number of hydrogen-bond acceptors (Lipinski definition) is 2. The first-order chi connectivity index (χ1) is 6.09. The summed E-state index contributed by atoms with van der Waals surface area (Å²) in [5, 5.41) is 0. The molecule has 4 heteroatoms. The van der Waals surface area contributed by atoms with Gasteiger partial charge >= 0.3 is 0 Å². The zero-order valence-electron chi connectivity index (χ0n) is 9.79. The summed E-state index contributed by atoms with van der Waals surface area (Å²) in [5.74, 6) is 0. The smallest absolute Gasteiger partial charge is 0.212 e. The van der Waals surface area contributed by atoms with Crippen LogP contribution in [-0.4, -0.2) is 29.6 Å². The van der Waals surface area contributed by atoms with Crippen molar-refractivity contribution in [3.8, 4) is 0 Å². The molecule has 1 heterocycles. The Hall–Kier alpha value is -0.0900. The molecule has 1 rings (SSSR count). The number of hydrogen-bond donors (Lipinski definition) is 0. The summed E-state index contributed by atoms with van der Waals surface area (Å²) in [4.78, 5) is 0. The Kier molecular flexibility index (Phi) is 2.74. The van der Waals surface area contributed by atoms with Gasteiger partial charge in [-0.05, 0) is 47.5 Å². The van der Waals surface area contributed by atoms with Crippen LogP contribution in [-0.2, 0) is 10.0 Å². The third-order valence-corrected chi connectivity index (χ3v) is 5.69. The first-order valence-corrected chi connectivity index (χ1v) is 6.55. The summed E-state index contributed by atoms with van der Waals surface area (Å²) < 4.78 is 25.4. The van der Waals surface area contributed by atoms with Gasteiger partial charge in [0.15, 0.2) is 0 Å². The lowest BCUT2D eigenvalue weighted by atomic mass is 10.0. The molecule has 14 heavy (non-hydrogen) atoms. The molecule has 0 aliphatic carbocycles. The van der Waals surface area contributed by atoms with E-state index in [1.54, 1.807) is 25.1 Å². The highest BCUT2D eigenvalue weighted by Gasteiger charge is 2.45. The minimum absolute atomic E-state index is 0.202. The third kappa shape index (κ3) is 1.82. The molecule has 0 N–H and O–H groups in total. The lowest BCUT2D eigenvalue weighted by Crippen LogP contribution is -2.49. The largest absolute Gasteiger partial charge is 0.219 e. The molecule has 0 bridgehead atoms. The first-order valence-electron chi connectivity index (χ1n) is 5.11. The third-order valence-electron chi connectivity index (χ3n) is 2.89. The van der Waals surface area contributed by atoms with Gasteiger partial charge in [-0.1, -0.05) is 0 Å². The van der Waals surface area contributed by atoms with Crippen molar-refractivity contribution >= 4 is 10.0 Å². The highest BCUT2D eigenvalue weighted by atomic mass is 32.2. The van der Waals surface area contributed by atoms with Crippen molar-refractivity contribution in [2.45, 2.75) is 57.7 Å². The standard InChI is InChI=1S/C10H21NO2S/c1-9(2,3)14(12,13)11-8-6-7-10(11,4)5/h6-8H2,1-5H3. The van der Waals surface area contributed by atoms with E-state index in [0.717, 1.165) is 12.8 Å². The predicted molar refractivity (Wildman–Crippen MR) is 58.7 cm³/mol. The molecule has 0 aromatic rings. The highest BCUT2D eigenvalue weighted by Crippen LogP contribution is 2.35. The van der Waals surface area contributed by atoms with E-state index in [0.29, 0.717) is 6.54 Å². The van der Waals surface area contributed by atoms with Crippen molar-refractivity contribution in [3.05, 3.63) is 0 Å². The molecule has 0 aromatic heterocycles. The molecular formula is C10H21NO2S. The van der Waals surface area contributed by atoms with Gasteiger partial charge in [0.05, 0.1) is 4.75 Å². The van der Waals surface area contributed by atoms with Crippen LogP contribution in [0.3, 0.4) is 0 Å². The van der Waals surface area contributed by atoms with Crippen molar-refractivity contribution < 1.29 is 8.42 Å². The average Bonchev–Trinajstić information content (AvgIpc) is 2.27. The van der Waals surface area contributed by atoms with E-state index in [-0.39, 0.29) is 5.54 Å². The molecule has 1 saturated heterocycles. The monoisotopic (exact) mass is 219 g/mol. The van der Waals surface area contributed by atoms with Gasteiger partial charge in [0, 0.05) is 12.1 Å². The van der Waals surface area contributed by atoms with Crippen LogP contribution in [0.5, 0.6) is 0 Å². The van der Waals surface area contributed by atoms with Crippen LogP contribution in [0.2, 0.25) is 0 Å². The van der Waals surface area contributed by atoms with E-state index in [4.69, 9.17) is 0 Å².